The number of rotatable bonds is 8. The van der Waals surface area contributed by atoms with Gasteiger partial charge in [-0.2, -0.15) is 8.42 Å². The zero-order valence-electron chi connectivity index (χ0n) is 26.2. The lowest BCUT2D eigenvalue weighted by Crippen LogP contribution is -2.56. The normalized spacial score (nSPS) is 14.5. The van der Waals surface area contributed by atoms with Crippen LogP contribution in [0.1, 0.15) is 26.3 Å². The first-order valence-electron chi connectivity index (χ1n) is 14.9. The van der Waals surface area contributed by atoms with Gasteiger partial charge in [-0.05, 0) is 96.8 Å². The molecule has 0 spiro atoms. The first-order chi connectivity index (χ1) is 21.8. The van der Waals surface area contributed by atoms with Gasteiger partial charge in [0, 0.05) is 60.5 Å². The van der Waals surface area contributed by atoms with Crippen molar-refractivity contribution in [2.75, 3.05) is 38.1 Å². The number of pyridine rings is 1. The molecule has 2 amide bonds. The summed E-state index contributed by atoms with van der Waals surface area (Å²) < 4.78 is 38.5. The highest BCUT2D eigenvalue weighted by Gasteiger charge is 2.34. The SMILES string of the molecule is CN(C(=O)OC(C)(C)C)[C@@H](Cc1ccc(OS(=O)(=O)c2nccc3ccccc23)cc1)C(=O)N1CCN(c2ccc(I)cc2)CC1. The highest BCUT2D eigenvalue weighted by molar-refractivity contribution is 14.1. The number of fused-ring (bicyclic) bond motifs is 1. The summed E-state index contributed by atoms with van der Waals surface area (Å²) in [6, 6.07) is 22.7. The molecule has 242 valence electrons. The molecule has 0 saturated carbocycles. The minimum absolute atomic E-state index is 0.105. The summed E-state index contributed by atoms with van der Waals surface area (Å²) in [6.07, 6.45) is 1.03. The molecular formula is C34H37IN4O6S. The van der Waals surface area contributed by atoms with E-state index in [9.17, 15) is 18.0 Å². The fourth-order valence-corrected chi connectivity index (χ4v) is 6.71. The van der Waals surface area contributed by atoms with Gasteiger partial charge < -0.3 is 18.7 Å². The van der Waals surface area contributed by atoms with Crippen LogP contribution < -0.4 is 9.08 Å². The number of halogens is 1. The maximum Gasteiger partial charge on any atom is 0.410 e. The second kappa shape index (κ2) is 13.8. The Bertz CT molecular complexity index is 1800. The van der Waals surface area contributed by atoms with Crippen molar-refractivity contribution in [3.8, 4) is 5.75 Å². The number of hydrogen-bond donors (Lipinski definition) is 0. The minimum Gasteiger partial charge on any atom is -0.444 e. The van der Waals surface area contributed by atoms with E-state index in [1.54, 1.807) is 69.1 Å². The molecule has 4 aromatic rings. The van der Waals surface area contributed by atoms with Crippen molar-refractivity contribution >= 4 is 61.2 Å². The number of piperazine rings is 1. The molecule has 1 aliphatic heterocycles. The standard InChI is InChI=1S/C34H37IN4O6S/c1-34(2,3)44-33(41)37(4)30(32(40)39-21-19-38(20-22-39)27-13-11-26(35)12-14-27)23-24-9-15-28(16-10-24)45-46(42,43)31-29-8-6-5-7-25(29)17-18-36-31/h5-18,30H,19-23H2,1-4H3/t30-/m0/s1. The average molecular weight is 757 g/mol. The monoisotopic (exact) mass is 756 g/mol. The van der Waals surface area contributed by atoms with E-state index in [1.165, 1.54) is 23.2 Å². The first kappa shape index (κ1) is 33.5. The Balaban J connectivity index is 1.31. The summed E-state index contributed by atoms with van der Waals surface area (Å²) in [5.41, 5.74) is 1.09. The lowest BCUT2D eigenvalue weighted by molar-refractivity contribution is -0.136. The number of hydrogen-bond acceptors (Lipinski definition) is 8. The summed E-state index contributed by atoms with van der Waals surface area (Å²) in [7, 11) is -2.65. The molecule has 1 fully saturated rings. The van der Waals surface area contributed by atoms with Crippen LogP contribution in [0.4, 0.5) is 10.5 Å². The first-order valence-corrected chi connectivity index (χ1v) is 17.4. The maximum atomic E-state index is 14.0. The predicted molar refractivity (Wildman–Crippen MR) is 185 cm³/mol. The van der Waals surface area contributed by atoms with E-state index < -0.39 is 27.9 Å². The molecule has 1 aliphatic rings. The van der Waals surface area contributed by atoms with Crippen molar-refractivity contribution in [1.82, 2.24) is 14.8 Å². The number of ether oxygens (including phenoxy) is 1. The van der Waals surface area contributed by atoms with Crippen LogP contribution in [0.25, 0.3) is 10.8 Å². The molecule has 0 bridgehead atoms. The van der Waals surface area contributed by atoms with Crippen LogP contribution in [-0.4, -0.2) is 80.1 Å². The Labute approximate surface area is 283 Å². The van der Waals surface area contributed by atoms with Crippen LogP contribution in [-0.2, 0) is 26.1 Å². The Morgan fingerprint density at radius 1 is 0.935 bits per heavy atom. The molecule has 0 aliphatic carbocycles. The van der Waals surface area contributed by atoms with Gasteiger partial charge in [-0.1, -0.05) is 36.4 Å². The molecule has 3 aromatic carbocycles. The van der Waals surface area contributed by atoms with Crippen molar-refractivity contribution < 1.29 is 26.9 Å². The Hall–Kier alpha value is -3.91. The molecule has 1 aromatic heterocycles. The quantitative estimate of drug-likeness (QED) is 0.166. The number of benzene rings is 3. The van der Waals surface area contributed by atoms with Crippen LogP contribution in [0, 0.1) is 3.57 Å². The van der Waals surface area contributed by atoms with Gasteiger partial charge in [-0.3, -0.25) is 9.69 Å². The number of likely N-dealkylation sites (N-methyl/N-ethyl adjacent to an activating group) is 1. The van der Waals surface area contributed by atoms with Gasteiger partial charge in [0.05, 0.1) is 0 Å². The summed E-state index contributed by atoms with van der Waals surface area (Å²) in [4.78, 5) is 36.5. The minimum atomic E-state index is -4.22. The van der Waals surface area contributed by atoms with Crippen molar-refractivity contribution in [1.29, 1.82) is 0 Å². The summed E-state index contributed by atoms with van der Waals surface area (Å²) in [5, 5.41) is 1.03. The summed E-state index contributed by atoms with van der Waals surface area (Å²) in [6.45, 7) is 7.69. The van der Waals surface area contributed by atoms with Gasteiger partial charge in [-0.25, -0.2) is 9.78 Å². The molecule has 5 rings (SSSR count). The fraction of sp³-hybridized carbons (Fsp3) is 0.324. The number of carbonyl (C=O) groups excluding carboxylic acids is 2. The lowest BCUT2D eigenvalue weighted by atomic mass is 10.0. The van der Waals surface area contributed by atoms with E-state index in [0.717, 1.165) is 20.2 Å². The van der Waals surface area contributed by atoms with Crippen LogP contribution in [0.2, 0.25) is 0 Å². The van der Waals surface area contributed by atoms with E-state index in [1.807, 2.05) is 6.07 Å². The topological polar surface area (TPSA) is 109 Å². The molecule has 0 N–H and O–H groups in total. The molecule has 0 unspecified atom stereocenters. The zero-order valence-corrected chi connectivity index (χ0v) is 29.2. The third-order valence-electron chi connectivity index (χ3n) is 7.65. The van der Waals surface area contributed by atoms with Crippen LogP contribution in [0.3, 0.4) is 0 Å². The average Bonchev–Trinajstić information content (AvgIpc) is 3.03. The molecule has 12 heteroatoms. The van der Waals surface area contributed by atoms with Crippen LogP contribution >= 0.6 is 22.6 Å². The van der Waals surface area contributed by atoms with Crippen LogP contribution in [0.15, 0.2) is 90.1 Å². The Morgan fingerprint density at radius 2 is 1.59 bits per heavy atom. The highest BCUT2D eigenvalue weighted by atomic mass is 127. The van der Waals surface area contributed by atoms with E-state index >= 15 is 0 Å². The molecule has 0 radical (unpaired) electrons. The van der Waals surface area contributed by atoms with E-state index in [-0.39, 0.29) is 23.1 Å². The van der Waals surface area contributed by atoms with E-state index in [4.69, 9.17) is 8.92 Å². The van der Waals surface area contributed by atoms with Gasteiger partial charge in [0.25, 0.3) is 0 Å². The number of aromatic nitrogens is 1. The second-order valence-electron chi connectivity index (χ2n) is 12.1. The summed E-state index contributed by atoms with van der Waals surface area (Å²) in [5.74, 6) is -0.0749. The van der Waals surface area contributed by atoms with Gasteiger partial charge in [0.2, 0.25) is 10.9 Å². The number of nitrogens with zero attached hydrogens (tertiary/aromatic N) is 4. The maximum absolute atomic E-state index is 14.0. The fourth-order valence-electron chi connectivity index (χ4n) is 5.26. The van der Waals surface area contributed by atoms with Crippen molar-refractivity contribution in [3.05, 3.63) is 94.2 Å². The van der Waals surface area contributed by atoms with Crippen LogP contribution in [0.5, 0.6) is 5.75 Å². The van der Waals surface area contributed by atoms with Gasteiger partial charge >= 0.3 is 16.2 Å². The third kappa shape index (κ3) is 8.08. The number of amides is 2. The lowest BCUT2D eigenvalue weighted by Gasteiger charge is -2.39. The van der Waals surface area contributed by atoms with Crippen molar-refractivity contribution in [3.63, 3.8) is 0 Å². The van der Waals surface area contributed by atoms with Crippen molar-refractivity contribution in [2.24, 2.45) is 0 Å². The molecule has 46 heavy (non-hydrogen) atoms. The Morgan fingerprint density at radius 3 is 2.24 bits per heavy atom. The van der Waals surface area contributed by atoms with E-state index in [2.05, 4.69) is 56.7 Å². The third-order valence-corrected chi connectivity index (χ3v) is 9.58. The van der Waals surface area contributed by atoms with Gasteiger partial charge in [0.15, 0.2) is 0 Å². The molecule has 1 saturated heterocycles. The second-order valence-corrected chi connectivity index (χ2v) is 14.8. The Kier molecular flexibility index (Phi) is 10.1. The molecule has 10 nitrogen and oxygen atoms in total. The molecule has 2 heterocycles. The predicted octanol–water partition coefficient (Wildman–Crippen LogP) is 5.73. The molecular weight excluding hydrogens is 719 g/mol. The molecule has 1 atom stereocenters. The van der Waals surface area contributed by atoms with Gasteiger partial charge in [-0.15, -0.1) is 0 Å². The van der Waals surface area contributed by atoms with Crippen molar-refractivity contribution in [2.45, 2.75) is 43.9 Å². The van der Waals surface area contributed by atoms with Gasteiger partial charge in [0.1, 0.15) is 17.4 Å². The highest BCUT2D eigenvalue weighted by Crippen LogP contribution is 2.26. The number of anilines is 1. The zero-order chi connectivity index (χ0) is 33.1. The van der Waals surface area contributed by atoms with E-state index in [0.29, 0.717) is 31.6 Å². The smallest absolute Gasteiger partial charge is 0.410 e. The number of carbonyl (C=O) groups is 2. The summed E-state index contributed by atoms with van der Waals surface area (Å²) >= 11 is 2.28. The largest absolute Gasteiger partial charge is 0.444 e.